The molecule has 1 amide bonds. The first-order valence-corrected chi connectivity index (χ1v) is 33.1. The zero-order valence-corrected chi connectivity index (χ0v) is 48.8. The average molecular weight is 999 g/mol. The molecular weight excluding hydrogens is 867 g/mol. The van der Waals surface area contributed by atoms with Gasteiger partial charge in [-0.1, -0.05) is 366 Å². The van der Waals surface area contributed by atoms with Crippen molar-refractivity contribution in [3.63, 3.8) is 0 Å². The van der Waals surface area contributed by atoms with E-state index >= 15 is 0 Å². The Morgan fingerprint density at radius 1 is 0.324 bits per heavy atom. The predicted octanol–water partition coefficient (Wildman–Crippen LogP) is 22.2. The van der Waals surface area contributed by atoms with E-state index in [1.165, 1.54) is 327 Å². The Hall–Kier alpha value is -1.13. The van der Waals surface area contributed by atoms with Gasteiger partial charge in [0.15, 0.2) is 0 Å². The van der Waals surface area contributed by atoms with E-state index in [1.54, 1.807) is 6.08 Å². The van der Waals surface area contributed by atoms with Crippen molar-refractivity contribution in [2.75, 3.05) is 6.61 Å². The summed E-state index contributed by atoms with van der Waals surface area (Å²) in [6.45, 7) is 4.35. The van der Waals surface area contributed by atoms with Gasteiger partial charge in [0.1, 0.15) is 0 Å². The molecule has 0 aromatic heterocycles. The van der Waals surface area contributed by atoms with E-state index in [0.717, 1.165) is 32.1 Å². The van der Waals surface area contributed by atoms with Crippen LogP contribution in [0.1, 0.15) is 380 Å². The third-order valence-corrected chi connectivity index (χ3v) is 15.7. The molecule has 0 aliphatic rings. The lowest BCUT2D eigenvalue weighted by Gasteiger charge is -2.19. The molecule has 0 aliphatic carbocycles. The van der Waals surface area contributed by atoms with Crippen molar-refractivity contribution in [2.24, 2.45) is 0 Å². The third kappa shape index (κ3) is 59.6. The van der Waals surface area contributed by atoms with Crippen molar-refractivity contribution >= 4 is 5.91 Å². The quantitative estimate of drug-likeness (QED) is 0.0420. The topological polar surface area (TPSA) is 69.6 Å². The number of hydrogen-bond donors (Lipinski definition) is 3. The Labute approximate surface area is 447 Å². The van der Waals surface area contributed by atoms with Gasteiger partial charge in [0, 0.05) is 6.42 Å². The lowest BCUT2D eigenvalue weighted by molar-refractivity contribution is -0.123. The molecule has 0 aliphatic heterocycles. The molecule has 0 aromatic rings. The number of aliphatic hydroxyl groups excluding tert-OH is 2. The molecule has 0 bridgehead atoms. The van der Waals surface area contributed by atoms with Gasteiger partial charge in [-0.15, -0.1) is 0 Å². The summed E-state index contributed by atoms with van der Waals surface area (Å²) in [5, 5.41) is 23.2. The third-order valence-electron chi connectivity index (χ3n) is 15.7. The van der Waals surface area contributed by atoms with Gasteiger partial charge in [-0.2, -0.15) is 0 Å². The number of rotatable bonds is 62. The van der Waals surface area contributed by atoms with Crippen LogP contribution < -0.4 is 5.32 Å². The van der Waals surface area contributed by atoms with Crippen LogP contribution in [0.15, 0.2) is 24.3 Å². The van der Waals surface area contributed by atoms with E-state index in [4.69, 9.17) is 0 Å². The van der Waals surface area contributed by atoms with Crippen molar-refractivity contribution in [3.05, 3.63) is 24.3 Å². The fourth-order valence-electron chi connectivity index (χ4n) is 10.7. The van der Waals surface area contributed by atoms with Gasteiger partial charge in [-0.3, -0.25) is 4.79 Å². The van der Waals surface area contributed by atoms with E-state index in [1.807, 2.05) is 6.08 Å². The van der Waals surface area contributed by atoms with Gasteiger partial charge < -0.3 is 15.5 Å². The average Bonchev–Trinajstić information content (AvgIpc) is 3.37. The number of aliphatic hydroxyl groups is 2. The van der Waals surface area contributed by atoms with E-state index in [-0.39, 0.29) is 12.5 Å². The Bertz CT molecular complexity index is 1040. The molecule has 0 radical (unpaired) electrons. The first-order valence-electron chi connectivity index (χ1n) is 33.1. The highest BCUT2D eigenvalue weighted by atomic mass is 16.3. The zero-order valence-electron chi connectivity index (χ0n) is 48.8. The first kappa shape index (κ1) is 69.9. The molecule has 2 atom stereocenters. The number of carbonyl (C=O) groups is 1. The summed E-state index contributed by atoms with van der Waals surface area (Å²) in [5.41, 5.74) is 0. The van der Waals surface area contributed by atoms with Crippen molar-refractivity contribution < 1.29 is 15.0 Å². The molecule has 4 nitrogen and oxygen atoms in total. The van der Waals surface area contributed by atoms with Crippen molar-refractivity contribution in [3.8, 4) is 0 Å². The van der Waals surface area contributed by atoms with Gasteiger partial charge in [0.05, 0.1) is 18.8 Å². The summed E-state index contributed by atoms with van der Waals surface area (Å²) >= 11 is 0. The maximum absolute atomic E-state index is 12.5. The van der Waals surface area contributed by atoms with Crippen LogP contribution in [-0.2, 0) is 4.79 Å². The van der Waals surface area contributed by atoms with E-state index < -0.39 is 12.1 Å². The lowest BCUT2D eigenvalue weighted by Crippen LogP contribution is -2.45. The Morgan fingerprint density at radius 2 is 0.549 bits per heavy atom. The zero-order chi connectivity index (χ0) is 51.3. The highest BCUT2D eigenvalue weighted by Gasteiger charge is 2.18. The largest absolute Gasteiger partial charge is 0.394 e. The molecule has 0 heterocycles. The summed E-state index contributed by atoms with van der Waals surface area (Å²) in [7, 11) is 0. The second-order valence-electron chi connectivity index (χ2n) is 22.9. The smallest absolute Gasteiger partial charge is 0.220 e. The molecule has 0 rings (SSSR count). The fraction of sp³-hybridized carbons (Fsp3) is 0.925. The van der Waals surface area contributed by atoms with E-state index in [0.29, 0.717) is 6.42 Å². The summed E-state index contributed by atoms with van der Waals surface area (Å²) in [6, 6.07) is -0.637. The summed E-state index contributed by atoms with van der Waals surface area (Å²) in [5.74, 6) is -0.0646. The molecule has 2 unspecified atom stereocenters. The molecule has 3 N–H and O–H groups in total. The minimum Gasteiger partial charge on any atom is -0.394 e. The van der Waals surface area contributed by atoms with Crippen LogP contribution in [-0.4, -0.2) is 34.9 Å². The maximum Gasteiger partial charge on any atom is 0.220 e. The predicted molar refractivity (Wildman–Crippen MR) is 318 cm³/mol. The van der Waals surface area contributed by atoms with Crippen LogP contribution in [0.3, 0.4) is 0 Å². The maximum atomic E-state index is 12.5. The SMILES string of the molecule is CCCCCCCCCCCCCCCCCCCCCCCCC/C=C/CC/C=C/C(O)C(CO)NC(=O)CCCCCCCCCCCCCCCCCCCCCCCCCCCCCCCC. The minimum atomic E-state index is -0.861. The lowest BCUT2D eigenvalue weighted by atomic mass is 10.0. The molecule has 0 fully saturated rings. The molecule has 0 saturated carbocycles. The molecular formula is C67H131NO3. The number of allylic oxidation sites excluding steroid dienone is 3. The van der Waals surface area contributed by atoms with Gasteiger partial charge in [0.2, 0.25) is 5.91 Å². The monoisotopic (exact) mass is 998 g/mol. The standard InChI is InChI=1S/C67H131NO3/c1-3-5-7-9-11-13-15-17-19-21-23-25-27-29-31-33-35-37-39-41-43-45-47-49-51-53-55-57-59-61-63-67(71)68-65(64-69)66(70)62-60-58-56-54-52-50-48-46-44-42-40-38-36-34-32-30-28-26-24-22-20-18-16-14-12-10-8-6-4-2/h52,54,60,62,65-66,69-70H,3-51,53,55-59,61,63-64H2,1-2H3,(H,68,71)/b54-52+,62-60+. The van der Waals surface area contributed by atoms with Crippen molar-refractivity contribution in [1.29, 1.82) is 0 Å². The summed E-state index contributed by atoms with van der Waals surface area (Å²) in [6.07, 6.45) is 85.4. The molecule has 422 valence electrons. The minimum absolute atomic E-state index is 0.0646. The van der Waals surface area contributed by atoms with E-state index in [2.05, 4.69) is 31.3 Å². The molecule has 4 heteroatoms. The molecule has 71 heavy (non-hydrogen) atoms. The number of carbonyl (C=O) groups excluding carboxylic acids is 1. The van der Waals surface area contributed by atoms with Gasteiger partial charge in [-0.05, 0) is 32.1 Å². The molecule has 0 aromatic carbocycles. The molecule has 0 saturated heterocycles. The van der Waals surface area contributed by atoms with Gasteiger partial charge in [-0.25, -0.2) is 0 Å². The summed E-state index contributed by atoms with van der Waals surface area (Å²) < 4.78 is 0. The Balaban J connectivity index is 3.44. The summed E-state index contributed by atoms with van der Waals surface area (Å²) in [4.78, 5) is 12.5. The number of nitrogens with one attached hydrogen (secondary N) is 1. The van der Waals surface area contributed by atoms with Crippen LogP contribution in [0.2, 0.25) is 0 Å². The van der Waals surface area contributed by atoms with Gasteiger partial charge in [0.25, 0.3) is 0 Å². The van der Waals surface area contributed by atoms with Crippen molar-refractivity contribution in [2.45, 2.75) is 392 Å². The number of hydrogen-bond acceptors (Lipinski definition) is 3. The fourth-order valence-corrected chi connectivity index (χ4v) is 10.7. The Morgan fingerprint density at radius 3 is 0.817 bits per heavy atom. The highest BCUT2D eigenvalue weighted by Crippen LogP contribution is 2.19. The van der Waals surface area contributed by atoms with E-state index in [9.17, 15) is 15.0 Å². The number of unbranched alkanes of at least 4 members (excludes halogenated alkanes) is 53. The van der Waals surface area contributed by atoms with Crippen LogP contribution in [0.25, 0.3) is 0 Å². The highest BCUT2D eigenvalue weighted by molar-refractivity contribution is 5.76. The van der Waals surface area contributed by atoms with Gasteiger partial charge >= 0.3 is 0 Å². The number of amides is 1. The van der Waals surface area contributed by atoms with Crippen LogP contribution >= 0.6 is 0 Å². The molecule has 0 spiro atoms. The van der Waals surface area contributed by atoms with Crippen LogP contribution in [0.4, 0.5) is 0 Å². The van der Waals surface area contributed by atoms with Crippen LogP contribution in [0.5, 0.6) is 0 Å². The first-order chi connectivity index (χ1) is 35.2. The normalized spacial score (nSPS) is 12.8. The Kier molecular flexibility index (Phi) is 62.2. The van der Waals surface area contributed by atoms with Crippen molar-refractivity contribution in [1.82, 2.24) is 5.32 Å². The van der Waals surface area contributed by atoms with Crippen LogP contribution in [0, 0.1) is 0 Å². The second kappa shape index (κ2) is 63.2. The second-order valence-corrected chi connectivity index (χ2v) is 22.9.